The Bertz CT molecular complexity index is 674. The number of sulfonamides is 1. The number of rotatable bonds is 5. The summed E-state index contributed by atoms with van der Waals surface area (Å²) >= 11 is 0. The van der Waals surface area contributed by atoms with Crippen LogP contribution in [0.15, 0.2) is 59.5 Å². The highest BCUT2D eigenvalue weighted by Gasteiger charge is 2.21. The summed E-state index contributed by atoms with van der Waals surface area (Å²) in [6.07, 6.45) is 0. The lowest BCUT2D eigenvalue weighted by Crippen LogP contribution is -2.30. The van der Waals surface area contributed by atoms with Crippen LogP contribution in [-0.4, -0.2) is 20.1 Å². The second kappa shape index (κ2) is 6.13. The van der Waals surface area contributed by atoms with Crippen molar-refractivity contribution in [1.29, 1.82) is 0 Å². The average Bonchev–Trinajstić information content (AvgIpc) is 2.46. The number of benzene rings is 2. The number of hydrogen-bond donors (Lipinski definition) is 2. The molecule has 0 fully saturated rings. The fourth-order valence-corrected chi connectivity index (χ4v) is 3.03. The summed E-state index contributed by atoms with van der Waals surface area (Å²) in [6, 6.07) is 12.6. The molecule has 6 heteroatoms. The second-order valence-electron chi connectivity index (χ2n) is 4.22. The van der Waals surface area contributed by atoms with Crippen LogP contribution in [0, 0.1) is 5.82 Å². The van der Waals surface area contributed by atoms with Crippen molar-refractivity contribution in [2.75, 3.05) is 6.61 Å². The summed E-state index contributed by atoms with van der Waals surface area (Å²) < 4.78 is 39.7. The van der Waals surface area contributed by atoms with Crippen LogP contribution < -0.4 is 4.72 Å². The van der Waals surface area contributed by atoms with E-state index in [1.165, 1.54) is 18.2 Å². The van der Waals surface area contributed by atoms with Crippen molar-refractivity contribution in [3.63, 3.8) is 0 Å². The van der Waals surface area contributed by atoms with E-state index >= 15 is 0 Å². The first-order valence-electron chi connectivity index (χ1n) is 5.96. The van der Waals surface area contributed by atoms with Crippen molar-refractivity contribution in [1.82, 2.24) is 4.72 Å². The van der Waals surface area contributed by atoms with Crippen LogP contribution >= 0.6 is 0 Å². The zero-order valence-corrected chi connectivity index (χ0v) is 11.3. The molecular formula is C14H14FNO3S. The van der Waals surface area contributed by atoms with E-state index in [2.05, 4.69) is 4.72 Å². The Hall–Kier alpha value is -1.76. The molecule has 1 atom stereocenters. The van der Waals surface area contributed by atoms with Gasteiger partial charge < -0.3 is 5.11 Å². The first-order chi connectivity index (χ1) is 9.53. The lowest BCUT2D eigenvalue weighted by atomic mass is 10.1. The highest BCUT2D eigenvalue weighted by atomic mass is 32.2. The van der Waals surface area contributed by atoms with E-state index in [1.807, 2.05) is 0 Å². The Morgan fingerprint density at radius 3 is 2.40 bits per heavy atom. The van der Waals surface area contributed by atoms with Crippen molar-refractivity contribution in [2.24, 2.45) is 0 Å². The summed E-state index contributed by atoms with van der Waals surface area (Å²) in [5.41, 5.74) is 0.634. The Labute approximate surface area is 116 Å². The predicted molar refractivity (Wildman–Crippen MR) is 73.0 cm³/mol. The first kappa shape index (κ1) is 14.6. The van der Waals surface area contributed by atoms with Crippen molar-refractivity contribution in [2.45, 2.75) is 10.9 Å². The van der Waals surface area contributed by atoms with Crippen molar-refractivity contribution >= 4 is 10.0 Å². The largest absolute Gasteiger partial charge is 0.394 e. The van der Waals surface area contributed by atoms with Crippen molar-refractivity contribution in [3.8, 4) is 0 Å². The van der Waals surface area contributed by atoms with Gasteiger partial charge in [0, 0.05) is 0 Å². The molecule has 2 aromatic carbocycles. The number of aliphatic hydroxyl groups excluding tert-OH is 1. The standard InChI is InChI=1S/C14H14FNO3S/c15-12-7-4-8-13(9-12)20(18,19)16-14(10-17)11-5-2-1-3-6-11/h1-9,14,16-17H,10H2/t14-/m0/s1. The van der Waals surface area contributed by atoms with E-state index in [-0.39, 0.29) is 4.90 Å². The van der Waals surface area contributed by atoms with Crippen LogP contribution in [-0.2, 0) is 10.0 Å². The Kier molecular flexibility index (Phi) is 4.49. The lowest BCUT2D eigenvalue weighted by molar-refractivity contribution is 0.259. The number of aliphatic hydroxyl groups is 1. The first-order valence-corrected chi connectivity index (χ1v) is 7.45. The fraction of sp³-hybridized carbons (Fsp3) is 0.143. The van der Waals surface area contributed by atoms with Crippen LogP contribution in [0.5, 0.6) is 0 Å². The maximum Gasteiger partial charge on any atom is 0.241 e. The molecule has 0 aliphatic carbocycles. The quantitative estimate of drug-likeness (QED) is 0.884. The fourth-order valence-electron chi connectivity index (χ4n) is 1.79. The van der Waals surface area contributed by atoms with Gasteiger partial charge in [-0.15, -0.1) is 0 Å². The zero-order valence-electron chi connectivity index (χ0n) is 10.5. The predicted octanol–water partition coefficient (Wildman–Crippen LogP) is 1.84. The van der Waals surface area contributed by atoms with E-state index in [1.54, 1.807) is 30.3 Å². The van der Waals surface area contributed by atoms with E-state index < -0.39 is 28.5 Å². The van der Waals surface area contributed by atoms with Crippen LogP contribution in [0.4, 0.5) is 4.39 Å². The Balaban J connectivity index is 2.27. The molecular weight excluding hydrogens is 281 g/mol. The molecule has 0 amide bonds. The molecule has 4 nitrogen and oxygen atoms in total. The van der Waals surface area contributed by atoms with Gasteiger partial charge in [0.1, 0.15) is 5.82 Å². The van der Waals surface area contributed by atoms with E-state index in [4.69, 9.17) is 0 Å². The van der Waals surface area contributed by atoms with Gasteiger partial charge in [0.05, 0.1) is 17.5 Å². The van der Waals surface area contributed by atoms with Gasteiger partial charge in [0.15, 0.2) is 0 Å². The molecule has 2 aromatic rings. The molecule has 0 aromatic heterocycles. The molecule has 0 radical (unpaired) electrons. The van der Waals surface area contributed by atoms with Gasteiger partial charge in [0.25, 0.3) is 0 Å². The molecule has 0 aliphatic heterocycles. The van der Waals surface area contributed by atoms with E-state index in [9.17, 15) is 17.9 Å². The molecule has 0 unspecified atom stereocenters. The monoisotopic (exact) mass is 295 g/mol. The van der Waals surface area contributed by atoms with Crippen LogP contribution in [0.2, 0.25) is 0 Å². The summed E-state index contributed by atoms with van der Waals surface area (Å²) in [6.45, 7) is -0.390. The lowest BCUT2D eigenvalue weighted by Gasteiger charge is -2.16. The summed E-state index contributed by atoms with van der Waals surface area (Å²) in [5.74, 6) is -0.631. The summed E-state index contributed by atoms with van der Waals surface area (Å²) in [7, 11) is -3.89. The second-order valence-corrected chi connectivity index (χ2v) is 5.94. The highest BCUT2D eigenvalue weighted by molar-refractivity contribution is 7.89. The number of hydrogen-bond acceptors (Lipinski definition) is 3. The summed E-state index contributed by atoms with van der Waals surface area (Å²) in [5, 5.41) is 9.34. The molecule has 2 N–H and O–H groups in total. The molecule has 0 saturated carbocycles. The van der Waals surface area contributed by atoms with Crippen molar-refractivity contribution in [3.05, 3.63) is 66.0 Å². The molecule has 20 heavy (non-hydrogen) atoms. The van der Waals surface area contributed by atoms with Gasteiger partial charge in [-0.3, -0.25) is 0 Å². The molecule has 0 bridgehead atoms. The van der Waals surface area contributed by atoms with Gasteiger partial charge in [0.2, 0.25) is 10.0 Å². The van der Waals surface area contributed by atoms with Crippen LogP contribution in [0.25, 0.3) is 0 Å². The molecule has 0 heterocycles. The molecule has 0 saturated heterocycles. The van der Waals surface area contributed by atoms with Crippen LogP contribution in [0.3, 0.4) is 0 Å². The number of halogens is 1. The Morgan fingerprint density at radius 2 is 1.80 bits per heavy atom. The highest BCUT2D eigenvalue weighted by Crippen LogP contribution is 2.17. The van der Waals surface area contributed by atoms with Gasteiger partial charge in [-0.05, 0) is 23.8 Å². The Morgan fingerprint density at radius 1 is 1.10 bits per heavy atom. The molecule has 0 spiro atoms. The summed E-state index contributed by atoms with van der Waals surface area (Å²) in [4.78, 5) is -0.174. The maximum atomic E-state index is 13.1. The van der Waals surface area contributed by atoms with Gasteiger partial charge in [-0.25, -0.2) is 17.5 Å². The number of nitrogens with one attached hydrogen (secondary N) is 1. The van der Waals surface area contributed by atoms with E-state index in [0.717, 1.165) is 6.07 Å². The minimum atomic E-state index is -3.89. The zero-order chi connectivity index (χ0) is 14.6. The average molecular weight is 295 g/mol. The smallest absolute Gasteiger partial charge is 0.241 e. The third-order valence-corrected chi connectivity index (χ3v) is 4.26. The van der Waals surface area contributed by atoms with Crippen molar-refractivity contribution < 1.29 is 17.9 Å². The maximum absolute atomic E-state index is 13.1. The van der Waals surface area contributed by atoms with Crippen LogP contribution in [0.1, 0.15) is 11.6 Å². The van der Waals surface area contributed by atoms with E-state index in [0.29, 0.717) is 5.56 Å². The van der Waals surface area contributed by atoms with Gasteiger partial charge in [-0.2, -0.15) is 0 Å². The molecule has 0 aliphatic rings. The van der Waals surface area contributed by atoms with Gasteiger partial charge >= 0.3 is 0 Å². The SMILES string of the molecule is O=S(=O)(N[C@@H](CO)c1ccccc1)c1cccc(F)c1. The minimum Gasteiger partial charge on any atom is -0.394 e. The normalized spacial score (nSPS) is 13.1. The topological polar surface area (TPSA) is 66.4 Å². The third kappa shape index (κ3) is 3.41. The molecule has 2 rings (SSSR count). The third-order valence-electron chi connectivity index (χ3n) is 2.79. The molecule has 106 valence electrons. The minimum absolute atomic E-state index is 0.174. The van der Waals surface area contributed by atoms with Gasteiger partial charge in [-0.1, -0.05) is 36.4 Å².